The number of hydrogen-bond acceptors (Lipinski definition) is 5. The van der Waals surface area contributed by atoms with Gasteiger partial charge in [-0.15, -0.1) is 0 Å². The van der Waals surface area contributed by atoms with Gasteiger partial charge in [-0.05, 0) is 66.6 Å². The van der Waals surface area contributed by atoms with Crippen LogP contribution in [0.5, 0.6) is 5.75 Å². The largest absolute Gasteiger partial charge is 0.497 e. The van der Waals surface area contributed by atoms with Crippen molar-refractivity contribution in [1.29, 1.82) is 0 Å². The first-order valence-electron chi connectivity index (χ1n) is 11.0. The monoisotopic (exact) mass is 421 g/mol. The van der Waals surface area contributed by atoms with Crippen molar-refractivity contribution in [2.24, 2.45) is 0 Å². The first-order chi connectivity index (χ1) is 15.8. The SMILES string of the molecule is COc1ccc(Cc2ncc(-c3nc4ccc5[nH]ncc5c4c4c3CCCC4)cn2)cc1. The van der Waals surface area contributed by atoms with E-state index in [0.29, 0.717) is 6.42 Å². The second-order valence-electron chi connectivity index (χ2n) is 8.33. The lowest BCUT2D eigenvalue weighted by atomic mass is 9.86. The van der Waals surface area contributed by atoms with Crippen molar-refractivity contribution in [3.63, 3.8) is 0 Å². The fourth-order valence-corrected chi connectivity index (χ4v) is 4.78. The smallest absolute Gasteiger partial charge is 0.132 e. The first-order valence-corrected chi connectivity index (χ1v) is 11.0. The van der Waals surface area contributed by atoms with E-state index in [-0.39, 0.29) is 0 Å². The Balaban J connectivity index is 1.40. The third kappa shape index (κ3) is 3.19. The summed E-state index contributed by atoms with van der Waals surface area (Å²) < 4.78 is 5.24. The minimum Gasteiger partial charge on any atom is -0.497 e. The number of rotatable bonds is 4. The quantitative estimate of drug-likeness (QED) is 0.440. The molecule has 0 unspecified atom stereocenters. The summed E-state index contributed by atoms with van der Waals surface area (Å²) in [7, 11) is 1.67. The van der Waals surface area contributed by atoms with Crippen molar-refractivity contribution in [1.82, 2.24) is 25.1 Å². The Bertz CT molecular complexity index is 1420. The number of fused-ring (bicyclic) bond motifs is 5. The van der Waals surface area contributed by atoms with Crippen LogP contribution in [-0.4, -0.2) is 32.3 Å². The van der Waals surface area contributed by atoms with Crippen molar-refractivity contribution in [3.05, 3.63) is 77.5 Å². The molecule has 1 aliphatic carbocycles. The molecule has 0 aliphatic heterocycles. The number of nitrogens with one attached hydrogen (secondary N) is 1. The molecule has 6 heteroatoms. The molecule has 6 nitrogen and oxygen atoms in total. The molecule has 3 heterocycles. The molecule has 0 radical (unpaired) electrons. The average Bonchev–Trinajstić information content (AvgIpc) is 3.33. The van der Waals surface area contributed by atoms with E-state index in [4.69, 9.17) is 9.72 Å². The standard InChI is InChI=1S/C26H23N5O/c1-32-18-8-6-16(7-9-18)12-24-27-13-17(14-28-24)26-20-5-3-2-4-19(20)25-21-15-29-31-22(21)10-11-23(25)30-26/h6-11,13-15H,2-5,12H2,1H3,(H,29,31). The number of hydrogen-bond donors (Lipinski definition) is 1. The molecule has 0 saturated carbocycles. The average molecular weight is 422 g/mol. The number of aryl methyl sites for hydroxylation is 1. The molecule has 0 bridgehead atoms. The number of H-pyrrole nitrogens is 1. The maximum atomic E-state index is 5.24. The molecule has 0 atom stereocenters. The summed E-state index contributed by atoms with van der Waals surface area (Å²) in [6.07, 6.45) is 11.0. The molecule has 1 N–H and O–H groups in total. The van der Waals surface area contributed by atoms with Gasteiger partial charge in [0, 0.05) is 35.2 Å². The Labute approximate surface area is 185 Å². The van der Waals surface area contributed by atoms with Gasteiger partial charge in [0.05, 0.1) is 30.0 Å². The molecule has 3 aromatic heterocycles. The van der Waals surface area contributed by atoms with Gasteiger partial charge < -0.3 is 4.74 Å². The molecular formula is C26H23N5O. The molecule has 32 heavy (non-hydrogen) atoms. The van der Waals surface area contributed by atoms with Crippen LogP contribution in [0.4, 0.5) is 0 Å². The number of ether oxygens (including phenoxy) is 1. The van der Waals surface area contributed by atoms with Crippen LogP contribution in [0.15, 0.2) is 55.0 Å². The molecule has 1 aliphatic rings. The van der Waals surface area contributed by atoms with Crippen molar-refractivity contribution in [2.45, 2.75) is 32.1 Å². The predicted octanol–water partition coefficient (Wildman–Crippen LogP) is 5.05. The van der Waals surface area contributed by atoms with Crippen LogP contribution >= 0.6 is 0 Å². The normalized spacial score (nSPS) is 13.4. The minimum absolute atomic E-state index is 0.687. The summed E-state index contributed by atoms with van der Waals surface area (Å²) in [6.45, 7) is 0. The lowest BCUT2D eigenvalue weighted by Crippen LogP contribution is -2.08. The van der Waals surface area contributed by atoms with Crippen molar-refractivity contribution in [2.75, 3.05) is 7.11 Å². The Kier molecular flexibility index (Phi) is 4.56. The Morgan fingerprint density at radius 1 is 0.906 bits per heavy atom. The van der Waals surface area contributed by atoms with Crippen molar-refractivity contribution in [3.8, 4) is 17.0 Å². The second-order valence-corrected chi connectivity index (χ2v) is 8.33. The summed E-state index contributed by atoms with van der Waals surface area (Å²) in [6, 6.07) is 12.2. The van der Waals surface area contributed by atoms with Gasteiger partial charge in [0.25, 0.3) is 0 Å². The van der Waals surface area contributed by atoms with Crippen LogP contribution in [0, 0.1) is 0 Å². The highest BCUT2D eigenvalue weighted by Crippen LogP contribution is 2.37. The Morgan fingerprint density at radius 2 is 1.69 bits per heavy atom. The van der Waals surface area contributed by atoms with Gasteiger partial charge in [0.2, 0.25) is 0 Å². The van der Waals surface area contributed by atoms with Gasteiger partial charge in [-0.1, -0.05) is 12.1 Å². The summed E-state index contributed by atoms with van der Waals surface area (Å²) in [4.78, 5) is 14.4. The lowest BCUT2D eigenvalue weighted by Gasteiger charge is -2.21. The van der Waals surface area contributed by atoms with Gasteiger partial charge in [0.1, 0.15) is 11.6 Å². The topological polar surface area (TPSA) is 76.6 Å². The van der Waals surface area contributed by atoms with E-state index < -0.39 is 0 Å². The van der Waals surface area contributed by atoms with E-state index in [2.05, 4.69) is 32.3 Å². The molecule has 0 spiro atoms. The third-order valence-electron chi connectivity index (χ3n) is 6.39. The lowest BCUT2D eigenvalue weighted by molar-refractivity contribution is 0.414. The molecule has 158 valence electrons. The maximum absolute atomic E-state index is 5.24. The highest BCUT2D eigenvalue weighted by Gasteiger charge is 2.21. The van der Waals surface area contributed by atoms with Gasteiger partial charge in [0.15, 0.2) is 0 Å². The van der Waals surface area contributed by atoms with Gasteiger partial charge in [-0.25, -0.2) is 15.0 Å². The highest BCUT2D eigenvalue weighted by molar-refractivity contribution is 6.07. The molecule has 0 saturated heterocycles. The number of aromatic amines is 1. The number of pyridine rings is 1. The van der Waals surface area contributed by atoms with E-state index in [1.807, 2.05) is 42.9 Å². The van der Waals surface area contributed by atoms with E-state index >= 15 is 0 Å². The summed E-state index contributed by atoms with van der Waals surface area (Å²) in [5, 5.41) is 9.75. The maximum Gasteiger partial charge on any atom is 0.132 e. The summed E-state index contributed by atoms with van der Waals surface area (Å²) in [5.41, 5.74) is 7.98. The van der Waals surface area contributed by atoms with Crippen molar-refractivity contribution < 1.29 is 4.74 Å². The van der Waals surface area contributed by atoms with Crippen molar-refractivity contribution >= 4 is 21.8 Å². The molecule has 5 aromatic rings. The van der Waals surface area contributed by atoms with Gasteiger partial charge in [-0.2, -0.15) is 5.10 Å². The number of benzene rings is 2. The summed E-state index contributed by atoms with van der Waals surface area (Å²) in [5.74, 6) is 1.65. The van der Waals surface area contributed by atoms with E-state index in [1.165, 1.54) is 29.4 Å². The van der Waals surface area contributed by atoms with E-state index in [0.717, 1.165) is 57.7 Å². The van der Waals surface area contributed by atoms with Crippen LogP contribution < -0.4 is 4.74 Å². The fraction of sp³-hybridized carbons (Fsp3) is 0.231. The van der Waals surface area contributed by atoms with Crippen LogP contribution in [0.3, 0.4) is 0 Å². The molecule has 0 amide bonds. The van der Waals surface area contributed by atoms with Crippen LogP contribution in [0.1, 0.15) is 35.4 Å². The second kappa shape index (κ2) is 7.71. The number of nitrogens with zero attached hydrogens (tertiary/aromatic N) is 4. The summed E-state index contributed by atoms with van der Waals surface area (Å²) >= 11 is 0. The molecular weight excluding hydrogens is 398 g/mol. The minimum atomic E-state index is 0.687. The Morgan fingerprint density at radius 3 is 2.47 bits per heavy atom. The zero-order valence-electron chi connectivity index (χ0n) is 17.9. The number of aromatic nitrogens is 5. The highest BCUT2D eigenvalue weighted by atomic mass is 16.5. The zero-order chi connectivity index (χ0) is 21.5. The van der Waals surface area contributed by atoms with E-state index in [9.17, 15) is 0 Å². The molecule has 0 fully saturated rings. The van der Waals surface area contributed by atoms with Crippen LogP contribution in [0.25, 0.3) is 33.1 Å². The Hall–Kier alpha value is -3.80. The van der Waals surface area contributed by atoms with Gasteiger partial charge in [-0.3, -0.25) is 5.10 Å². The number of methoxy groups -OCH3 is 1. The van der Waals surface area contributed by atoms with Crippen LogP contribution in [-0.2, 0) is 19.3 Å². The molecule has 2 aromatic carbocycles. The van der Waals surface area contributed by atoms with Crippen LogP contribution in [0.2, 0.25) is 0 Å². The van der Waals surface area contributed by atoms with Gasteiger partial charge >= 0.3 is 0 Å². The molecule has 6 rings (SSSR count). The third-order valence-corrected chi connectivity index (χ3v) is 6.39. The zero-order valence-corrected chi connectivity index (χ0v) is 17.9. The predicted molar refractivity (Wildman–Crippen MR) is 125 cm³/mol. The van der Waals surface area contributed by atoms with E-state index in [1.54, 1.807) is 7.11 Å². The fourth-order valence-electron chi connectivity index (χ4n) is 4.78. The first kappa shape index (κ1) is 18.9.